The second kappa shape index (κ2) is 2.65. The van der Waals surface area contributed by atoms with Crippen LogP contribution in [-0.4, -0.2) is 23.3 Å². The lowest BCUT2D eigenvalue weighted by molar-refractivity contribution is -0.485. The standard InChI is InChI=1S/C5H6N2O4/c8-4-1-3(2-7(10)11)5(9)6-4/h3H,1-2H2,(H,6,8,9)/t3-/m0/s1. The van der Waals surface area contributed by atoms with Crippen LogP contribution in [0.15, 0.2) is 0 Å². The fourth-order valence-electron chi connectivity index (χ4n) is 0.934. The van der Waals surface area contributed by atoms with E-state index in [1.165, 1.54) is 0 Å². The Bertz CT molecular complexity index is 225. The molecule has 1 N–H and O–H groups in total. The molecule has 6 nitrogen and oxygen atoms in total. The van der Waals surface area contributed by atoms with Gasteiger partial charge in [0.25, 0.3) is 0 Å². The van der Waals surface area contributed by atoms with Crippen LogP contribution in [0.2, 0.25) is 0 Å². The van der Waals surface area contributed by atoms with Crippen molar-refractivity contribution in [2.24, 2.45) is 5.92 Å². The molecule has 0 bridgehead atoms. The molecule has 0 spiro atoms. The minimum Gasteiger partial charge on any atom is -0.296 e. The Labute approximate surface area is 61.7 Å². The van der Waals surface area contributed by atoms with Crippen LogP contribution < -0.4 is 5.32 Å². The van der Waals surface area contributed by atoms with Crippen LogP contribution in [-0.2, 0) is 9.59 Å². The third kappa shape index (κ3) is 1.73. The molecule has 0 saturated carbocycles. The van der Waals surface area contributed by atoms with Gasteiger partial charge in [-0.25, -0.2) is 0 Å². The van der Waals surface area contributed by atoms with E-state index in [9.17, 15) is 19.7 Å². The highest BCUT2D eigenvalue weighted by Crippen LogP contribution is 2.09. The van der Waals surface area contributed by atoms with Crippen molar-refractivity contribution >= 4 is 11.8 Å². The van der Waals surface area contributed by atoms with Crippen molar-refractivity contribution < 1.29 is 14.5 Å². The largest absolute Gasteiger partial charge is 0.296 e. The molecule has 0 aromatic heterocycles. The van der Waals surface area contributed by atoms with Gasteiger partial charge in [0.05, 0.1) is 0 Å². The molecule has 0 unspecified atom stereocenters. The number of nitrogens with one attached hydrogen (secondary N) is 1. The predicted octanol–water partition coefficient (Wildman–Crippen LogP) is -1.07. The lowest BCUT2D eigenvalue weighted by Gasteiger charge is -1.96. The fourth-order valence-corrected chi connectivity index (χ4v) is 0.934. The molecule has 1 rings (SSSR count). The molecule has 0 radical (unpaired) electrons. The molecule has 1 aliphatic heterocycles. The van der Waals surface area contributed by atoms with Crippen LogP contribution in [0.3, 0.4) is 0 Å². The van der Waals surface area contributed by atoms with Crippen LogP contribution in [0.5, 0.6) is 0 Å². The maximum atomic E-state index is 10.7. The molecule has 11 heavy (non-hydrogen) atoms. The zero-order chi connectivity index (χ0) is 8.43. The van der Waals surface area contributed by atoms with E-state index in [1.807, 2.05) is 5.32 Å². The van der Waals surface area contributed by atoms with Gasteiger partial charge >= 0.3 is 0 Å². The highest BCUT2D eigenvalue weighted by Gasteiger charge is 2.34. The Morgan fingerprint density at radius 1 is 1.64 bits per heavy atom. The SMILES string of the molecule is O=C1C[C@@H](C[N+](=O)[O-])C(=O)N1. The molecule has 0 aliphatic carbocycles. The number of amides is 2. The monoisotopic (exact) mass is 158 g/mol. The second-order valence-electron chi connectivity index (χ2n) is 2.33. The Morgan fingerprint density at radius 3 is 2.64 bits per heavy atom. The highest BCUT2D eigenvalue weighted by atomic mass is 16.6. The van der Waals surface area contributed by atoms with Crippen molar-refractivity contribution in [1.82, 2.24) is 5.32 Å². The van der Waals surface area contributed by atoms with Crippen molar-refractivity contribution in [2.45, 2.75) is 6.42 Å². The minimum absolute atomic E-state index is 0.0557. The predicted molar refractivity (Wildman–Crippen MR) is 33.1 cm³/mol. The van der Waals surface area contributed by atoms with E-state index in [-0.39, 0.29) is 6.42 Å². The highest BCUT2D eigenvalue weighted by molar-refractivity contribution is 6.03. The Hall–Kier alpha value is -1.46. The summed E-state index contributed by atoms with van der Waals surface area (Å²) in [5.41, 5.74) is 0. The fraction of sp³-hybridized carbons (Fsp3) is 0.600. The van der Waals surface area contributed by atoms with Gasteiger partial charge in [-0.15, -0.1) is 0 Å². The summed E-state index contributed by atoms with van der Waals surface area (Å²) >= 11 is 0. The molecule has 6 heteroatoms. The molecule has 1 atom stereocenters. The first-order valence-electron chi connectivity index (χ1n) is 3.05. The topological polar surface area (TPSA) is 89.3 Å². The van der Waals surface area contributed by atoms with E-state index < -0.39 is 29.2 Å². The molecule has 0 aromatic carbocycles. The van der Waals surface area contributed by atoms with Gasteiger partial charge in [-0.2, -0.15) is 0 Å². The summed E-state index contributed by atoms with van der Waals surface area (Å²) in [6.07, 6.45) is -0.0557. The van der Waals surface area contributed by atoms with Gasteiger partial charge in [0.1, 0.15) is 5.92 Å². The minimum atomic E-state index is -0.766. The number of carbonyl (C=O) groups excluding carboxylic acids is 2. The summed E-state index contributed by atoms with van der Waals surface area (Å²) in [6, 6.07) is 0. The Morgan fingerprint density at radius 2 is 2.27 bits per heavy atom. The lowest BCUT2D eigenvalue weighted by atomic mass is 10.1. The van der Waals surface area contributed by atoms with Crippen molar-refractivity contribution in [3.63, 3.8) is 0 Å². The third-order valence-electron chi connectivity index (χ3n) is 1.43. The van der Waals surface area contributed by atoms with Gasteiger partial charge in [-0.3, -0.25) is 25.0 Å². The van der Waals surface area contributed by atoms with Gasteiger partial charge in [-0.1, -0.05) is 0 Å². The number of nitro groups is 1. The number of imide groups is 1. The van der Waals surface area contributed by atoms with Gasteiger partial charge in [-0.05, 0) is 0 Å². The van der Waals surface area contributed by atoms with Crippen LogP contribution in [0.4, 0.5) is 0 Å². The lowest BCUT2D eigenvalue weighted by Crippen LogP contribution is -2.25. The quantitative estimate of drug-likeness (QED) is 0.314. The summed E-state index contributed by atoms with van der Waals surface area (Å²) in [6.45, 7) is -0.461. The first-order valence-corrected chi connectivity index (χ1v) is 3.05. The van der Waals surface area contributed by atoms with E-state index in [0.29, 0.717) is 0 Å². The van der Waals surface area contributed by atoms with Crippen LogP contribution in [0, 0.1) is 16.0 Å². The van der Waals surface area contributed by atoms with Crippen molar-refractivity contribution in [3.05, 3.63) is 10.1 Å². The van der Waals surface area contributed by atoms with Gasteiger partial charge in [0.2, 0.25) is 18.4 Å². The smallest absolute Gasteiger partial charge is 0.236 e. The van der Waals surface area contributed by atoms with Gasteiger partial charge in [0, 0.05) is 11.3 Å². The number of nitrogens with zero attached hydrogens (tertiary/aromatic N) is 1. The molecule has 0 aromatic rings. The summed E-state index contributed by atoms with van der Waals surface area (Å²) < 4.78 is 0. The van der Waals surface area contributed by atoms with Crippen molar-refractivity contribution in [3.8, 4) is 0 Å². The molecule has 60 valence electrons. The maximum Gasteiger partial charge on any atom is 0.236 e. The van der Waals surface area contributed by atoms with Crippen molar-refractivity contribution in [1.29, 1.82) is 0 Å². The average Bonchev–Trinajstić information content (AvgIpc) is 2.09. The van der Waals surface area contributed by atoms with E-state index in [4.69, 9.17) is 0 Å². The second-order valence-corrected chi connectivity index (χ2v) is 2.33. The first-order chi connectivity index (χ1) is 5.09. The maximum absolute atomic E-state index is 10.7. The number of rotatable bonds is 2. The molecular formula is C5H6N2O4. The summed E-state index contributed by atoms with van der Waals surface area (Å²) in [4.78, 5) is 30.5. The molecule has 1 heterocycles. The van der Waals surface area contributed by atoms with E-state index in [1.54, 1.807) is 0 Å². The normalized spacial score (nSPS) is 23.5. The number of carbonyl (C=O) groups is 2. The third-order valence-corrected chi connectivity index (χ3v) is 1.43. The summed E-state index contributed by atoms with van der Waals surface area (Å²) in [7, 11) is 0. The molecular weight excluding hydrogens is 152 g/mol. The summed E-state index contributed by atoms with van der Waals surface area (Å²) in [5, 5.41) is 11.9. The zero-order valence-electron chi connectivity index (χ0n) is 5.57. The van der Waals surface area contributed by atoms with Crippen LogP contribution >= 0.6 is 0 Å². The number of hydrogen-bond acceptors (Lipinski definition) is 4. The number of hydrogen-bond donors (Lipinski definition) is 1. The molecule has 1 aliphatic rings. The van der Waals surface area contributed by atoms with Gasteiger partial charge < -0.3 is 0 Å². The van der Waals surface area contributed by atoms with E-state index >= 15 is 0 Å². The van der Waals surface area contributed by atoms with Crippen LogP contribution in [0.25, 0.3) is 0 Å². The van der Waals surface area contributed by atoms with Crippen molar-refractivity contribution in [2.75, 3.05) is 6.54 Å². The first kappa shape index (κ1) is 7.64. The molecule has 1 saturated heterocycles. The Balaban J connectivity index is 2.53. The van der Waals surface area contributed by atoms with Crippen LogP contribution in [0.1, 0.15) is 6.42 Å². The molecule has 2 amide bonds. The molecule has 1 fully saturated rings. The Kier molecular flexibility index (Phi) is 1.84. The summed E-state index contributed by atoms with van der Waals surface area (Å²) in [5.74, 6) is -1.73. The van der Waals surface area contributed by atoms with E-state index in [2.05, 4.69) is 0 Å². The average molecular weight is 158 g/mol. The van der Waals surface area contributed by atoms with Gasteiger partial charge in [0.15, 0.2) is 0 Å². The van der Waals surface area contributed by atoms with E-state index in [0.717, 1.165) is 0 Å². The zero-order valence-corrected chi connectivity index (χ0v) is 5.57.